The highest BCUT2D eigenvalue weighted by Crippen LogP contribution is 2.17. The van der Waals surface area contributed by atoms with Gasteiger partial charge in [0.1, 0.15) is 5.69 Å². The maximum atomic E-state index is 11.6. The standard InChI is InChI=1S/C11H16BrN3O2/c1-11(2,3)5-9(16)14-15-10(17)8-4-7(12)6-13-8/h4,6,13H,5H2,1-3H3,(H,14,16)(H,15,17). The van der Waals surface area contributed by atoms with Gasteiger partial charge in [-0.05, 0) is 27.4 Å². The van der Waals surface area contributed by atoms with E-state index < -0.39 is 0 Å². The van der Waals surface area contributed by atoms with Gasteiger partial charge in [-0.15, -0.1) is 0 Å². The van der Waals surface area contributed by atoms with Crippen LogP contribution in [0, 0.1) is 5.41 Å². The topological polar surface area (TPSA) is 74.0 Å². The summed E-state index contributed by atoms with van der Waals surface area (Å²) in [5.41, 5.74) is 4.99. The maximum Gasteiger partial charge on any atom is 0.286 e. The fourth-order valence-corrected chi connectivity index (χ4v) is 1.56. The molecule has 94 valence electrons. The number of carbonyl (C=O) groups excluding carboxylic acids is 2. The summed E-state index contributed by atoms with van der Waals surface area (Å²) < 4.78 is 0.781. The highest BCUT2D eigenvalue weighted by Gasteiger charge is 2.16. The number of carbonyl (C=O) groups is 2. The van der Waals surface area contributed by atoms with Crippen molar-refractivity contribution in [1.29, 1.82) is 0 Å². The number of nitrogens with one attached hydrogen (secondary N) is 3. The molecular weight excluding hydrogens is 286 g/mol. The molecule has 1 aromatic heterocycles. The van der Waals surface area contributed by atoms with Crippen molar-refractivity contribution in [2.75, 3.05) is 0 Å². The molecule has 0 saturated heterocycles. The minimum absolute atomic E-state index is 0.107. The van der Waals surface area contributed by atoms with Crippen molar-refractivity contribution in [1.82, 2.24) is 15.8 Å². The van der Waals surface area contributed by atoms with Crippen LogP contribution in [-0.4, -0.2) is 16.8 Å². The molecule has 0 radical (unpaired) electrons. The highest BCUT2D eigenvalue weighted by atomic mass is 79.9. The minimum Gasteiger partial charge on any atom is -0.356 e. The van der Waals surface area contributed by atoms with E-state index in [4.69, 9.17) is 0 Å². The lowest BCUT2D eigenvalue weighted by atomic mass is 9.92. The van der Waals surface area contributed by atoms with Gasteiger partial charge in [-0.3, -0.25) is 20.4 Å². The van der Waals surface area contributed by atoms with Gasteiger partial charge in [-0.25, -0.2) is 0 Å². The van der Waals surface area contributed by atoms with Crippen LogP contribution in [0.3, 0.4) is 0 Å². The summed E-state index contributed by atoms with van der Waals surface area (Å²) in [6, 6.07) is 1.63. The van der Waals surface area contributed by atoms with Crippen LogP contribution >= 0.6 is 15.9 Å². The van der Waals surface area contributed by atoms with Crippen LogP contribution in [0.15, 0.2) is 16.7 Å². The monoisotopic (exact) mass is 301 g/mol. The van der Waals surface area contributed by atoms with Crippen LogP contribution in [0.25, 0.3) is 0 Å². The first-order valence-corrected chi connectivity index (χ1v) is 6.00. The van der Waals surface area contributed by atoms with Gasteiger partial charge in [0.15, 0.2) is 0 Å². The Bertz CT molecular complexity index is 421. The van der Waals surface area contributed by atoms with Crippen molar-refractivity contribution in [2.24, 2.45) is 5.41 Å². The Hall–Kier alpha value is -1.30. The predicted octanol–water partition coefficient (Wildman–Crippen LogP) is 1.97. The first kappa shape index (κ1) is 13.8. The van der Waals surface area contributed by atoms with E-state index in [0.29, 0.717) is 12.1 Å². The number of amides is 2. The Morgan fingerprint density at radius 3 is 2.47 bits per heavy atom. The Labute approximate surface area is 108 Å². The third kappa shape index (κ3) is 5.04. The van der Waals surface area contributed by atoms with Gasteiger partial charge >= 0.3 is 0 Å². The number of halogens is 1. The van der Waals surface area contributed by atoms with Gasteiger partial charge in [0, 0.05) is 17.1 Å². The van der Waals surface area contributed by atoms with Crippen molar-refractivity contribution < 1.29 is 9.59 Å². The van der Waals surface area contributed by atoms with Crippen molar-refractivity contribution >= 4 is 27.7 Å². The second-order valence-electron chi connectivity index (χ2n) is 4.97. The molecule has 3 N–H and O–H groups in total. The molecule has 0 saturated carbocycles. The summed E-state index contributed by atoms with van der Waals surface area (Å²) in [7, 11) is 0. The van der Waals surface area contributed by atoms with Crippen LogP contribution in [0.2, 0.25) is 0 Å². The first-order valence-electron chi connectivity index (χ1n) is 5.21. The predicted molar refractivity (Wildman–Crippen MR) is 68.2 cm³/mol. The Morgan fingerprint density at radius 1 is 1.35 bits per heavy atom. The van der Waals surface area contributed by atoms with Crippen molar-refractivity contribution in [3.05, 3.63) is 22.4 Å². The van der Waals surface area contributed by atoms with Crippen LogP contribution in [0.1, 0.15) is 37.7 Å². The van der Waals surface area contributed by atoms with E-state index in [1.54, 1.807) is 12.3 Å². The molecule has 0 atom stereocenters. The molecule has 1 heterocycles. The molecule has 17 heavy (non-hydrogen) atoms. The SMILES string of the molecule is CC(C)(C)CC(=O)NNC(=O)c1cc(Br)c[nH]1. The zero-order chi connectivity index (χ0) is 13.1. The molecular formula is C11H16BrN3O2. The Balaban J connectivity index is 2.41. The lowest BCUT2D eigenvalue weighted by Crippen LogP contribution is -2.42. The number of hydrazine groups is 1. The van der Waals surface area contributed by atoms with Crippen LogP contribution < -0.4 is 10.9 Å². The molecule has 0 spiro atoms. The lowest BCUT2D eigenvalue weighted by molar-refractivity contribution is -0.123. The lowest BCUT2D eigenvalue weighted by Gasteiger charge is -2.17. The summed E-state index contributed by atoms with van der Waals surface area (Å²) in [5, 5.41) is 0. The molecule has 0 unspecified atom stereocenters. The molecule has 1 rings (SSSR count). The summed E-state index contributed by atoms with van der Waals surface area (Å²) in [5.74, 6) is -0.588. The molecule has 0 aliphatic carbocycles. The molecule has 0 aliphatic heterocycles. The smallest absolute Gasteiger partial charge is 0.286 e. The molecule has 0 bridgehead atoms. The van der Waals surface area contributed by atoms with E-state index in [2.05, 4.69) is 31.8 Å². The summed E-state index contributed by atoms with van der Waals surface area (Å²) in [4.78, 5) is 25.8. The van der Waals surface area contributed by atoms with Gasteiger partial charge < -0.3 is 4.98 Å². The van der Waals surface area contributed by atoms with Crippen LogP contribution in [0.4, 0.5) is 0 Å². The van der Waals surface area contributed by atoms with E-state index in [1.165, 1.54) is 0 Å². The molecule has 6 heteroatoms. The van der Waals surface area contributed by atoms with Gasteiger partial charge in [0.05, 0.1) is 0 Å². The fourth-order valence-electron chi connectivity index (χ4n) is 1.22. The van der Waals surface area contributed by atoms with Gasteiger partial charge in [-0.1, -0.05) is 20.8 Å². The van der Waals surface area contributed by atoms with Crippen LogP contribution in [-0.2, 0) is 4.79 Å². The largest absolute Gasteiger partial charge is 0.356 e. The van der Waals surface area contributed by atoms with E-state index in [1.807, 2.05) is 20.8 Å². The summed E-state index contributed by atoms with van der Waals surface area (Å²) in [6.45, 7) is 5.86. The van der Waals surface area contributed by atoms with Crippen molar-refractivity contribution in [2.45, 2.75) is 27.2 Å². The maximum absolute atomic E-state index is 11.6. The van der Waals surface area contributed by atoms with Gasteiger partial charge in [0.25, 0.3) is 5.91 Å². The average molecular weight is 302 g/mol. The van der Waals surface area contributed by atoms with E-state index >= 15 is 0 Å². The molecule has 5 nitrogen and oxygen atoms in total. The number of aromatic nitrogens is 1. The normalized spacial score (nSPS) is 11.1. The average Bonchev–Trinajstić information content (AvgIpc) is 2.58. The number of rotatable bonds is 2. The number of H-pyrrole nitrogens is 1. The van der Waals surface area contributed by atoms with Gasteiger partial charge in [-0.2, -0.15) is 0 Å². The molecule has 1 aromatic rings. The minimum atomic E-state index is -0.377. The van der Waals surface area contributed by atoms with E-state index in [9.17, 15) is 9.59 Å². The second kappa shape index (κ2) is 5.35. The second-order valence-corrected chi connectivity index (χ2v) is 5.89. The van der Waals surface area contributed by atoms with Gasteiger partial charge in [0.2, 0.25) is 5.91 Å². The summed E-state index contributed by atoms with van der Waals surface area (Å²) in [6.07, 6.45) is 1.99. The number of hydrogen-bond acceptors (Lipinski definition) is 2. The van der Waals surface area contributed by atoms with Crippen molar-refractivity contribution in [3.63, 3.8) is 0 Å². The summed E-state index contributed by atoms with van der Waals surface area (Å²) >= 11 is 3.22. The molecule has 2 amide bonds. The molecule has 0 aromatic carbocycles. The fraction of sp³-hybridized carbons (Fsp3) is 0.455. The quantitative estimate of drug-likeness (QED) is 0.731. The Morgan fingerprint density at radius 2 is 2.00 bits per heavy atom. The number of aromatic amines is 1. The molecule has 0 fully saturated rings. The zero-order valence-electron chi connectivity index (χ0n) is 10.1. The molecule has 0 aliphatic rings. The number of hydrogen-bond donors (Lipinski definition) is 3. The zero-order valence-corrected chi connectivity index (χ0v) is 11.6. The third-order valence-corrected chi connectivity index (χ3v) is 2.36. The first-order chi connectivity index (χ1) is 7.78. The van der Waals surface area contributed by atoms with Crippen LogP contribution in [0.5, 0.6) is 0 Å². The van der Waals surface area contributed by atoms with E-state index in [0.717, 1.165) is 4.47 Å². The van der Waals surface area contributed by atoms with E-state index in [-0.39, 0.29) is 17.2 Å². The Kier molecular flexibility index (Phi) is 4.34. The van der Waals surface area contributed by atoms with Crippen molar-refractivity contribution in [3.8, 4) is 0 Å². The third-order valence-electron chi connectivity index (χ3n) is 1.90. The highest BCUT2D eigenvalue weighted by molar-refractivity contribution is 9.10.